The van der Waals surface area contributed by atoms with E-state index in [1.165, 1.54) is 24.3 Å². The van der Waals surface area contributed by atoms with Crippen molar-refractivity contribution in [2.75, 3.05) is 0 Å². The minimum absolute atomic E-state index is 0.00584. The van der Waals surface area contributed by atoms with Crippen LogP contribution < -0.4 is 5.73 Å². The highest BCUT2D eigenvalue weighted by Gasteiger charge is 2.26. The third-order valence-corrected chi connectivity index (χ3v) is 1.93. The molecular weight excluding hydrogens is 214 g/mol. The maximum absolute atomic E-state index is 11.6. The quantitative estimate of drug-likeness (QED) is 0.312. The fourth-order valence-corrected chi connectivity index (χ4v) is 1.12. The molecule has 16 heavy (non-hydrogen) atoms. The average molecular weight is 222 g/mol. The Morgan fingerprint density at radius 2 is 2.00 bits per heavy atom. The molecule has 0 aliphatic heterocycles. The molecule has 1 unspecified atom stereocenters. The van der Waals surface area contributed by atoms with Crippen LogP contribution in [-0.4, -0.2) is 29.3 Å². The van der Waals surface area contributed by atoms with Gasteiger partial charge in [-0.05, 0) is 0 Å². The first kappa shape index (κ1) is 12.0. The minimum Gasteiger partial charge on any atom is -0.312 e. The Labute approximate surface area is 90.6 Å². The Morgan fingerprint density at radius 1 is 1.38 bits per heavy atom. The van der Waals surface area contributed by atoms with Crippen LogP contribution in [0.5, 0.6) is 0 Å². The summed E-state index contributed by atoms with van der Waals surface area (Å²) < 4.78 is 0. The average Bonchev–Trinajstić information content (AvgIpc) is 2.35. The van der Waals surface area contributed by atoms with Gasteiger partial charge in [0.2, 0.25) is 6.29 Å². The number of carbonyl (C=O) groups excluding carboxylic acids is 3. The number of carbonyl (C=O) groups is 2. The standard InChI is InChI=1S/C10H8NO5/c11-8(10(14)16-15)9(13)7-4-2-1-3-6(7)5-12/h1-4,8,15H,11H2. The molecule has 0 aliphatic rings. The van der Waals surface area contributed by atoms with E-state index in [2.05, 4.69) is 4.89 Å². The topological polar surface area (TPSA) is 107 Å². The summed E-state index contributed by atoms with van der Waals surface area (Å²) in [4.78, 5) is 36.3. The second kappa shape index (κ2) is 5.15. The van der Waals surface area contributed by atoms with Crippen molar-refractivity contribution in [3.05, 3.63) is 35.4 Å². The molecule has 0 saturated heterocycles. The van der Waals surface area contributed by atoms with Crippen LogP contribution in [0.1, 0.15) is 15.9 Å². The molecule has 0 saturated carbocycles. The first-order valence-electron chi connectivity index (χ1n) is 4.24. The van der Waals surface area contributed by atoms with Gasteiger partial charge in [-0.2, -0.15) is 5.26 Å². The molecule has 83 valence electrons. The van der Waals surface area contributed by atoms with E-state index >= 15 is 0 Å². The van der Waals surface area contributed by atoms with Crippen molar-refractivity contribution in [1.82, 2.24) is 0 Å². The maximum Gasteiger partial charge on any atom is 0.366 e. The lowest BCUT2D eigenvalue weighted by atomic mass is 10.00. The summed E-state index contributed by atoms with van der Waals surface area (Å²) in [5.74, 6) is -2.11. The normalized spacial score (nSPS) is 11.6. The molecule has 6 nitrogen and oxygen atoms in total. The van der Waals surface area contributed by atoms with Gasteiger partial charge in [-0.15, -0.1) is 0 Å². The molecule has 0 aromatic heterocycles. The van der Waals surface area contributed by atoms with E-state index in [4.69, 9.17) is 11.0 Å². The summed E-state index contributed by atoms with van der Waals surface area (Å²) in [6.07, 6.45) is 1.55. The van der Waals surface area contributed by atoms with E-state index in [9.17, 15) is 14.4 Å². The Balaban J connectivity index is 3.05. The molecule has 6 heteroatoms. The highest BCUT2D eigenvalue weighted by molar-refractivity contribution is 6.14. The SMILES string of the molecule is NC(C(=O)OO)C(=O)c1ccccc1[C]=O. The summed E-state index contributed by atoms with van der Waals surface area (Å²) in [5, 5.41) is 8.07. The van der Waals surface area contributed by atoms with E-state index in [0.29, 0.717) is 0 Å². The zero-order chi connectivity index (χ0) is 12.1. The summed E-state index contributed by atoms with van der Waals surface area (Å²) in [6, 6.07) is 4.06. The first-order chi connectivity index (χ1) is 7.61. The van der Waals surface area contributed by atoms with E-state index < -0.39 is 17.8 Å². The number of hydrogen-bond donors (Lipinski definition) is 2. The molecule has 0 bridgehead atoms. The summed E-state index contributed by atoms with van der Waals surface area (Å²) >= 11 is 0. The lowest BCUT2D eigenvalue weighted by Gasteiger charge is -2.07. The summed E-state index contributed by atoms with van der Waals surface area (Å²) in [6.45, 7) is 0. The molecule has 1 radical (unpaired) electrons. The molecule has 1 rings (SSSR count). The maximum atomic E-state index is 11.6. The lowest BCUT2D eigenvalue weighted by molar-refractivity contribution is -0.234. The fourth-order valence-electron chi connectivity index (χ4n) is 1.12. The van der Waals surface area contributed by atoms with Gasteiger partial charge in [0.1, 0.15) is 0 Å². The van der Waals surface area contributed by atoms with E-state index in [1.807, 2.05) is 0 Å². The molecule has 1 aromatic carbocycles. The number of ketones is 1. The van der Waals surface area contributed by atoms with Crippen LogP contribution in [-0.2, 0) is 14.5 Å². The summed E-state index contributed by atoms with van der Waals surface area (Å²) in [5.41, 5.74) is 5.16. The van der Waals surface area contributed by atoms with Crippen LogP contribution >= 0.6 is 0 Å². The van der Waals surface area contributed by atoms with Crippen molar-refractivity contribution in [3.63, 3.8) is 0 Å². The van der Waals surface area contributed by atoms with Crippen molar-refractivity contribution >= 4 is 18.0 Å². The van der Waals surface area contributed by atoms with Crippen LogP contribution in [0.15, 0.2) is 24.3 Å². The van der Waals surface area contributed by atoms with E-state index in [-0.39, 0.29) is 11.1 Å². The Bertz CT molecular complexity index is 429. The second-order valence-corrected chi connectivity index (χ2v) is 2.90. The van der Waals surface area contributed by atoms with E-state index in [1.54, 1.807) is 6.29 Å². The minimum atomic E-state index is -1.67. The van der Waals surface area contributed by atoms with Crippen molar-refractivity contribution in [2.24, 2.45) is 5.73 Å². The molecule has 0 spiro atoms. The first-order valence-corrected chi connectivity index (χ1v) is 4.24. The molecule has 0 aliphatic carbocycles. The highest BCUT2D eigenvalue weighted by Crippen LogP contribution is 2.09. The molecule has 3 N–H and O–H groups in total. The van der Waals surface area contributed by atoms with Gasteiger partial charge in [0, 0.05) is 11.1 Å². The molecule has 0 fully saturated rings. The van der Waals surface area contributed by atoms with Crippen molar-refractivity contribution in [3.8, 4) is 0 Å². The van der Waals surface area contributed by atoms with Gasteiger partial charge in [0.15, 0.2) is 11.8 Å². The number of Topliss-reactive ketones (excluding diaryl/α,β-unsaturated/α-hetero) is 1. The van der Waals surface area contributed by atoms with Crippen LogP contribution in [0.3, 0.4) is 0 Å². The van der Waals surface area contributed by atoms with Gasteiger partial charge in [0.25, 0.3) is 0 Å². The third kappa shape index (κ3) is 2.30. The fraction of sp³-hybridized carbons (Fsp3) is 0.100. The second-order valence-electron chi connectivity index (χ2n) is 2.90. The van der Waals surface area contributed by atoms with Gasteiger partial charge in [-0.3, -0.25) is 14.5 Å². The molecule has 0 heterocycles. The number of nitrogens with two attached hydrogens (primary N) is 1. The highest BCUT2D eigenvalue weighted by atomic mass is 17.1. The number of rotatable bonds is 4. The molecule has 0 amide bonds. The van der Waals surface area contributed by atoms with Crippen molar-refractivity contribution in [1.29, 1.82) is 0 Å². The molecular formula is C10H8NO5. The zero-order valence-corrected chi connectivity index (χ0v) is 8.04. The smallest absolute Gasteiger partial charge is 0.312 e. The van der Waals surface area contributed by atoms with Crippen molar-refractivity contribution < 1.29 is 24.5 Å². The van der Waals surface area contributed by atoms with Crippen molar-refractivity contribution in [2.45, 2.75) is 6.04 Å². The Hall–Kier alpha value is -2.05. The lowest BCUT2D eigenvalue weighted by Crippen LogP contribution is -2.40. The zero-order valence-electron chi connectivity index (χ0n) is 8.04. The van der Waals surface area contributed by atoms with Gasteiger partial charge in [-0.1, -0.05) is 24.3 Å². The van der Waals surface area contributed by atoms with Gasteiger partial charge in [0.05, 0.1) is 0 Å². The van der Waals surface area contributed by atoms with Crippen LogP contribution in [0, 0.1) is 0 Å². The summed E-state index contributed by atoms with van der Waals surface area (Å²) in [7, 11) is 0. The van der Waals surface area contributed by atoms with Gasteiger partial charge < -0.3 is 5.73 Å². The Morgan fingerprint density at radius 3 is 2.56 bits per heavy atom. The van der Waals surface area contributed by atoms with Crippen LogP contribution in [0.4, 0.5) is 0 Å². The third-order valence-electron chi connectivity index (χ3n) is 1.93. The predicted molar refractivity (Wildman–Crippen MR) is 52.3 cm³/mol. The number of hydrogen-bond acceptors (Lipinski definition) is 6. The Kier molecular flexibility index (Phi) is 3.87. The van der Waals surface area contributed by atoms with Gasteiger partial charge in [-0.25, -0.2) is 4.79 Å². The molecule has 1 atom stereocenters. The van der Waals surface area contributed by atoms with Gasteiger partial charge >= 0.3 is 5.97 Å². The van der Waals surface area contributed by atoms with E-state index in [0.717, 1.165) is 0 Å². The molecule has 1 aromatic rings. The van der Waals surface area contributed by atoms with Crippen LogP contribution in [0.2, 0.25) is 0 Å². The predicted octanol–water partition coefficient (Wildman–Crippen LogP) is -0.329. The van der Waals surface area contributed by atoms with Crippen LogP contribution in [0.25, 0.3) is 0 Å². The largest absolute Gasteiger partial charge is 0.366 e. The number of benzene rings is 1. The monoisotopic (exact) mass is 222 g/mol.